The number of nitro groups is 1. The van der Waals surface area contributed by atoms with Gasteiger partial charge in [-0.3, -0.25) is 10.1 Å². The molecular weight excluding hydrogens is 430 g/mol. The minimum Gasteiger partial charge on any atom is -0.408 e. The summed E-state index contributed by atoms with van der Waals surface area (Å²) < 4.78 is 6.87. The lowest BCUT2D eigenvalue weighted by Crippen LogP contribution is -2.46. The van der Waals surface area contributed by atoms with Crippen molar-refractivity contribution < 1.29 is 9.35 Å². The van der Waals surface area contributed by atoms with E-state index in [9.17, 15) is 10.1 Å². The van der Waals surface area contributed by atoms with Crippen LogP contribution in [0.4, 0.5) is 5.69 Å². The highest BCUT2D eigenvalue weighted by Gasteiger charge is 2.42. The van der Waals surface area contributed by atoms with Crippen molar-refractivity contribution in [2.75, 3.05) is 0 Å². The van der Waals surface area contributed by atoms with Crippen LogP contribution in [0.3, 0.4) is 0 Å². The van der Waals surface area contributed by atoms with E-state index in [1.165, 1.54) is 0 Å². The maximum Gasteiger partial charge on any atom is 0.269 e. The van der Waals surface area contributed by atoms with Crippen molar-refractivity contribution in [2.24, 2.45) is 0 Å². The summed E-state index contributed by atoms with van der Waals surface area (Å²) in [5.41, 5.74) is 2.26. The topological polar surface area (TPSA) is 77.3 Å². The Kier molecular flexibility index (Phi) is 7.20. The Balaban J connectivity index is 1.75. The Morgan fingerprint density at radius 3 is 2.45 bits per heavy atom. The predicted octanol–water partition coefficient (Wildman–Crippen LogP) is 6.07. The monoisotopic (exact) mass is 461 g/mol. The lowest BCUT2D eigenvalue weighted by Gasteiger charge is -2.41. The number of benzene rings is 1. The third kappa shape index (κ3) is 5.92. The van der Waals surface area contributed by atoms with Crippen LogP contribution in [-0.4, -0.2) is 30.3 Å². The molecule has 1 aromatic heterocycles. The minimum atomic E-state index is -2.01. The summed E-state index contributed by atoms with van der Waals surface area (Å²) in [6.45, 7) is 11.3. The van der Waals surface area contributed by atoms with E-state index in [0.29, 0.717) is 11.2 Å². The van der Waals surface area contributed by atoms with Gasteiger partial charge in [-0.05, 0) is 54.6 Å². The van der Waals surface area contributed by atoms with Crippen LogP contribution in [0.25, 0.3) is 0 Å². The quantitative estimate of drug-likeness (QED) is 0.234. The van der Waals surface area contributed by atoms with Crippen LogP contribution >= 0.6 is 11.6 Å². The Hall–Kier alpha value is -1.80. The third-order valence-electron chi connectivity index (χ3n) is 6.58. The maximum atomic E-state index is 10.9. The zero-order valence-corrected chi connectivity index (χ0v) is 20.6. The zero-order valence-electron chi connectivity index (χ0n) is 18.9. The summed E-state index contributed by atoms with van der Waals surface area (Å²) in [5, 5.41) is 15.2. The van der Waals surface area contributed by atoms with Crippen molar-refractivity contribution in [2.45, 2.75) is 76.4 Å². The maximum absolute atomic E-state index is 10.9. The molecule has 0 bridgehead atoms. The molecule has 168 valence electrons. The molecule has 0 spiro atoms. The largest absolute Gasteiger partial charge is 0.408 e. The van der Waals surface area contributed by atoms with E-state index in [1.807, 2.05) is 30.5 Å². The van der Waals surface area contributed by atoms with Crippen LogP contribution in [0.1, 0.15) is 50.8 Å². The van der Waals surface area contributed by atoms with Crippen LogP contribution in [0, 0.1) is 10.1 Å². The number of hydrogen-bond acceptors (Lipinski definition) is 5. The Bertz CT molecular complexity index is 898. The van der Waals surface area contributed by atoms with E-state index in [4.69, 9.17) is 16.0 Å². The van der Waals surface area contributed by atoms with E-state index in [0.717, 1.165) is 30.4 Å². The molecule has 6 nitrogen and oxygen atoms in total. The summed E-state index contributed by atoms with van der Waals surface area (Å²) in [5.74, 6) is 0. The number of nitrogens with one attached hydrogen (secondary N) is 1. The van der Waals surface area contributed by atoms with Gasteiger partial charge in [0.2, 0.25) is 0 Å². The fraction of sp³-hybridized carbons (Fsp3) is 0.522. The molecule has 3 rings (SSSR count). The predicted molar refractivity (Wildman–Crippen MR) is 127 cm³/mol. The van der Waals surface area contributed by atoms with E-state index in [1.54, 1.807) is 12.1 Å². The highest BCUT2D eigenvalue weighted by atomic mass is 35.5. The first-order valence-corrected chi connectivity index (χ1v) is 14.0. The summed E-state index contributed by atoms with van der Waals surface area (Å²) in [4.78, 5) is 14.8. The number of halogens is 1. The average molecular weight is 462 g/mol. The van der Waals surface area contributed by atoms with Gasteiger partial charge < -0.3 is 9.74 Å². The molecule has 31 heavy (non-hydrogen) atoms. The van der Waals surface area contributed by atoms with Gasteiger partial charge in [0.05, 0.1) is 11.0 Å². The second-order valence-corrected chi connectivity index (χ2v) is 15.0. The van der Waals surface area contributed by atoms with Crippen molar-refractivity contribution in [1.82, 2.24) is 10.3 Å². The highest BCUT2D eigenvalue weighted by molar-refractivity contribution is 6.74. The van der Waals surface area contributed by atoms with E-state index < -0.39 is 8.32 Å². The molecule has 1 aliphatic rings. The molecule has 8 heteroatoms. The fourth-order valence-corrected chi connectivity index (χ4v) is 5.12. The lowest BCUT2D eigenvalue weighted by molar-refractivity contribution is -0.384. The molecule has 1 N–H and O–H groups in total. The zero-order chi connectivity index (χ0) is 22.8. The first-order chi connectivity index (χ1) is 14.5. The van der Waals surface area contributed by atoms with Gasteiger partial charge in [0.25, 0.3) is 5.69 Å². The van der Waals surface area contributed by atoms with Crippen molar-refractivity contribution in [3.05, 3.63) is 69.0 Å². The van der Waals surface area contributed by atoms with Gasteiger partial charge in [-0.1, -0.05) is 50.6 Å². The average Bonchev–Trinajstić information content (AvgIpc) is 3.14. The summed E-state index contributed by atoms with van der Waals surface area (Å²) >= 11 is 6.02. The van der Waals surface area contributed by atoms with Crippen LogP contribution in [0.15, 0.2) is 42.6 Å². The summed E-state index contributed by atoms with van der Waals surface area (Å²) in [6, 6.07) is 11.2. The van der Waals surface area contributed by atoms with Crippen LogP contribution in [0.5, 0.6) is 0 Å². The van der Waals surface area contributed by atoms with E-state index >= 15 is 0 Å². The number of nitrogens with zero attached hydrogens (tertiary/aromatic N) is 2. The van der Waals surface area contributed by atoms with Crippen molar-refractivity contribution in [3.8, 4) is 0 Å². The molecular formula is C23H32ClN3O3Si. The van der Waals surface area contributed by atoms with Gasteiger partial charge in [-0.2, -0.15) is 0 Å². The van der Waals surface area contributed by atoms with Crippen LogP contribution in [-0.2, 0) is 10.8 Å². The van der Waals surface area contributed by atoms with Crippen molar-refractivity contribution in [3.63, 3.8) is 0 Å². The van der Waals surface area contributed by atoms with Gasteiger partial charge in [-0.25, -0.2) is 4.98 Å². The first kappa shape index (κ1) is 23.9. The SMILES string of the molecule is CC(C)(C)[Si](C)(C)O[C@H](c1ccc(Cl)nc1)[C@H]1CC[C@@H](Cc2ccc([N+](=O)[O-])cc2)N1. The molecule has 1 saturated heterocycles. The smallest absolute Gasteiger partial charge is 0.269 e. The Labute approximate surface area is 190 Å². The van der Waals surface area contributed by atoms with Crippen molar-refractivity contribution >= 4 is 25.6 Å². The summed E-state index contributed by atoms with van der Waals surface area (Å²) in [6.07, 6.45) is 4.60. The molecule has 0 amide bonds. The van der Waals surface area contributed by atoms with Crippen molar-refractivity contribution in [1.29, 1.82) is 0 Å². The molecule has 0 radical (unpaired) electrons. The van der Waals surface area contributed by atoms with Crippen LogP contribution < -0.4 is 5.32 Å². The van der Waals surface area contributed by atoms with Gasteiger partial charge in [0.1, 0.15) is 5.15 Å². The highest BCUT2D eigenvalue weighted by Crippen LogP contribution is 2.42. The van der Waals surface area contributed by atoms with E-state index in [-0.39, 0.29) is 27.8 Å². The van der Waals surface area contributed by atoms with Gasteiger partial charge in [0, 0.05) is 30.4 Å². The lowest BCUT2D eigenvalue weighted by atomic mass is 10.0. The molecule has 1 fully saturated rings. The molecule has 0 aliphatic carbocycles. The molecule has 2 aromatic rings. The molecule has 2 heterocycles. The number of aromatic nitrogens is 1. The first-order valence-electron chi connectivity index (χ1n) is 10.7. The molecule has 0 unspecified atom stereocenters. The van der Waals surface area contributed by atoms with Crippen LogP contribution in [0.2, 0.25) is 23.3 Å². The van der Waals surface area contributed by atoms with Gasteiger partial charge in [0.15, 0.2) is 8.32 Å². The molecule has 0 saturated carbocycles. The number of non-ortho nitro benzene ring substituents is 1. The normalized spacial score (nSPS) is 20.6. The second kappa shape index (κ2) is 9.36. The fourth-order valence-electron chi connectivity index (χ4n) is 3.72. The molecule has 3 atom stereocenters. The third-order valence-corrected chi connectivity index (χ3v) is 11.3. The minimum absolute atomic E-state index is 0.0903. The molecule has 1 aliphatic heterocycles. The standard InChI is InChI=1S/C23H32ClN3O3Si/c1-23(2,3)31(4,5)30-22(17-8-13-21(24)25-15-17)20-12-9-18(26-20)14-16-6-10-19(11-7-16)27(28)29/h6-8,10-11,13,15,18,20,22,26H,9,12,14H2,1-5H3/t18-,20+,22+/m0/s1. The summed E-state index contributed by atoms with van der Waals surface area (Å²) in [7, 11) is -2.01. The Morgan fingerprint density at radius 1 is 1.23 bits per heavy atom. The number of pyridine rings is 1. The van der Waals surface area contributed by atoms with Gasteiger partial charge >= 0.3 is 0 Å². The molecule has 1 aromatic carbocycles. The van der Waals surface area contributed by atoms with Gasteiger partial charge in [-0.15, -0.1) is 0 Å². The van der Waals surface area contributed by atoms with E-state index in [2.05, 4.69) is 44.2 Å². The Morgan fingerprint density at radius 2 is 1.90 bits per heavy atom. The number of nitro benzene ring substituents is 1. The second-order valence-electron chi connectivity index (χ2n) is 9.89. The number of hydrogen-bond donors (Lipinski definition) is 1. The number of rotatable bonds is 7.